The predicted octanol–water partition coefficient (Wildman–Crippen LogP) is 15.5. The van der Waals surface area contributed by atoms with Gasteiger partial charge in [0.2, 0.25) is 5.95 Å². The van der Waals surface area contributed by atoms with Gasteiger partial charge in [-0.25, -0.2) is 4.98 Å². The van der Waals surface area contributed by atoms with Crippen LogP contribution in [-0.4, -0.2) is 36.7 Å². The molecule has 0 atom stereocenters. The van der Waals surface area contributed by atoms with Crippen LogP contribution in [0, 0.1) is 0 Å². The molecule has 0 saturated carbocycles. The highest BCUT2D eigenvalue weighted by molar-refractivity contribution is 7.19. The molecule has 82 heavy (non-hydrogen) atoms. The number of para-hydroxylation sites is 4. The van der Waals surface area contributed by atoms with Crippen molar-refractivity contribution in [2.24, 2.45) is 0 Å². The van der Waals surface area contributed by atoms with Crippen LogP contribution in [0.5, 0.6) is 0 Å². The van der Waals surface area contributed by atoms with E-state index in [1.54, 1.807) is 0 Å². The summed E-state index contributed by atoms with van der Waals surface area (Å²) >= 11 is 0. The summed E-state index contributed by atoms with van der Waals surface area (Å²) in [6, 6.07) is 110. The summed E-state index contributed by atoms with van der Waals surface area (Å²) in [5.41, 5.74) is 12.7. The van der Waals surface area contributed by atoms with Crippen molar-refractivity contribution in [2.45, 2.75) is 0 Å². The average molecular weight is 1060 g/mol. The van der Waals surface area contributed by atoms with E-state index in [-0.39, 0.29) is 0 Å². The first kappa shape index (κ1) is 47.3. The molecule has 0 unspecified atom stereocenters. The molecule has 4 heterocycles. The molecule has 16 aromatic rings. The number of benzene rings is 12. The minimum absolute atomic E-state index is 0.528. The molecule has 0 spiro atoms. The van der Waals surface area contributed by atoms with Crippen molar-refractivity contribution in [1.29, 1.82) is 0 Å². The van der Waals surface area contributed by atoms with E-state index in [1.165, 1.54) is 42.3 Å². The predicted molar refractivity (Wildman–Crippen MR) is 343 cm³/mol. The zero-order chi connectivity index (χ0) is 54.1. The van der Waals surface area contributed by atoms with Crippen LogP contribution in [0.1, 0.15) is 0 Å². The third-order valence-electron chi connectivity index (χ3n) is 16.7. The second-order valence-corrected chi connectivity index (χ2v) is 24.9. The van der Waals surface area contributed by atoms with Crippen molar-refractivity contribution in [2.75, 3.05) is 0 Å². The molecule has 0 amide bonds. The first-order valence-electron chi connectivity index (χ1n) is 27.9. The monoisotopic (exact) mass is 1060 g/mol. The van der Waals surface area contributed by atoms with Gasteiger partial charge in [0.05, 0.1) is 33.1 Å². The van der Waals surface area contributed by atoms with Gasteiger partial charge in [-0.15, -0.1) is 0 Å². The Morgan fingerprint density at radius 1 is 0.220 bits per heavy atom. The summed E-state index contributed by atoms with van der Waals surface area (Å²) in [5.74, 6) is 1.69. The van der Waals surface area contributed by atoms with Crippen LogP contribution in [0.25, 0.3) is 117 Å². The van der Waals surface area contributed by atoms with Gasteiger partial charge in [0.25, 0.3) is 0 Å². The molecule has 384 valence electrons. The van der Waals surface area contributed by atoms with Crippen LogP contribution in [-0.2, 0) is 0 Å². The molecule has 0 aliphatic heterocycles. The van der Waals surface area contributed by atoms with Gasteiger partial charge >= 0.3 is 0 Å². The summed E-state index contributed by atoms with van der Waals surface area (Å²) in [7, 11) is -2.82. The highest BCUT2D eigenvalue weighted by Crippen LogP contribution is 2.40. The van der Waals surface area contributed by atoms with Gasteiger partial charge in [-0.1, -0.05) is 243 Å². The van der Waals surface area contributed by atoms with Crippen LogP contribution >= 0.6 is 0 Å². The Morgan fingerprint density at radius 3 is 1.13 bits per heavy atom. The van der Waals surface area contributed by atoms with Crippen LogP contribution in [0.4, 0.5) is 0 Å². The lowest BCUT2D eigenvalue weighted by Crippen LogP contribution is -2.74. The third-order valence-corrected chi connectivity index (χ3v) is 21.5. The second kappa shape index (κ2) is 19.3. The summed E-state index contributed by atoms with van der Waals surface area (Å²) in [6.45, 7) is 0. The van der Waals surface area contributed by atoms with Crippen molar-refractivity contribution in [3.05, 3.63) is 303 Å². The number of fused-ring (bicyclic) bond motifs is 9. The first-order valence-corrected chi connectivity index (χ1v) is 29.9. The average Bonchev–Trinajstić information content (AvgIpc) is 4.37. The molecular weight excluding hydrogens is 1010 g/mol. The first-order chi connectivity index (χ1) is 40.7. The molecule has 0 aliphatic carbocycles. The van der Waals surface area contributed by atoms with Gasteiger partial charge in [-0.05, 0) is 92.5 Å². The Hall–Kier alpha value is -10.7. The molecule has 0 N–H and O–H groups in total. The molecule has 0 radical (unpaired) electrons. The van der Waals surface area contributed by atoms with Crippen LogP contribution < -0.4 is 20.7 Å². The Bertz CT molecular complexity index is 4880. The topological polar surface area (TPSA) is 53.5 Å². The van der Waals surface area contributed by atoms with Gasteiger partial charge in [0, 0.05) is 54.8 Å². The standard InChI is InChI=1S/C75H50N6Si/c1-5-22-51(23-6-1)53-24-21-25-54(48-53)74-76-73(52-40-44-60(45-41-52)82(57-26-7-2-8-27-57,58-28-9-3-10-29-58)59-30-11-4-12-31-59)77-75(78-74)81-71-47-43-55(79-67-36-17-13-32-61(67)62-33-14-18-37-68(62)79)49-66(71)65-46-42-56(50-72(65)81)80-69-38-19-15-34-63(69)64-35-16-20-39-70(64)80/h1-50H. The molecule has 12 aromatic carbocycles. The number of hydrogen-bond acceptors (Lipinski definition) is 3. The van der Waals surface area contributed by atoms with Gasteiger partial charge in [0.15, 0.2) is 19.7 Å². The second-order valence-electron chi connectivity index (χ2n) is 21.1. The molecule has 16 rings (SSSR count). The fourth-order valence-electron chi connectivity index (χ4n) is 13.0. The van der Waals surface area contributed by atoms with E-state index >= 15 is 0 Å². The maximum atomic E-state index is 5.61. The molecule has 0 bridgehead atoms. The summed E-state index contributed by atoms with van der Waals surface area (Å²) in [4.78, 5) is 16.6. The Labute approximate surface area is 474 Å². The smallest absolute Gasteiger partial charge is 0.238 e. The summed E-state index contributed by atoms with van der Waals surface area (Å²) in [5, 5.41) is 12.3. The molecule has 0 aliphatic rings. The zero-order valence-corrected chi connectivity index (χ0v) is 45.6. The largest absolute Gasteiger partial charge is 0.309 e. The lowest BCUT2D eigenvalue weighted by Gasteiger charge is -2.34. The van der Waals surface area contributed by atoms with Crippen molar-refractivity contribution < 1.29 is 0 Å². The van der Waals surface area contributed by atoms with Crippen LogP contribution in [0.3, 0.4) is 0 Å². The zero-order valence-electron chi connectivity index (χ0n) is 44.6. The van der Waals surface area contributed by atoms with Crippen molar-refractivity contribution in [3.63, 3.8) is 0 Å². The fourth-order valence-corrected chi connectivity index (χ4v) is 17.8. The third kappa shape index (κ3) is 7.51. The molecule has 6 nitrogen and oxygen atoms in total. The normalized spacial score (nSPS) is 11.9. The van der Waals surface area contributed by atoms with Crippen molar-refractivity contribution >= 4 is 94.2 Å². The molecule has 0 fully saturated rings. The molecular formula is C75H50N6Si. The van der Waals surface area contributed by atoms with Crippen LogP contribution in [0.2, 0.25) is 0 Å². The van der Waals surface area contributed by atoms with Gasteiger partial charge in [-0.3, -0.25) is 4.57 Å². The van der Waals surface area contributed by atoms with Gasteiger partial charge < -0.3 is 9.13 Å². The number of hydrogen-bond donors (Lipinski definition) is 0. The highest BCUT2D eigenvalue weighted by atomic mass is 28.3. The number of aromatic nitrogens is 6. The minimum atomic E-state index is -2.82. The lowest BCUT2D eigenvalue weighted by molar-refractivity contribution is 0.953. The quantitative estimate of drug-likeness (QED) is 0.101. The van der Waals surface area contributed by atoms with Crippen molar-refractivity contribution in [3.8, 4) is 51.2 Å². The van der Waals surface area contributed by atoms with E-state index in [0.29, 0.717) is 17.6 Å². The molecule has 0 saturated heterocycles. The Balaban J connectivity index is 0.953. The fraction of sp³-hybridized carbons (Fsp3) is 0. The van der Waals surface area contributed by atoms with E-state index in [4.69, 9.17) is 15.0 Å². The highest BCUT2D eigenvalue weighted by Gasteiger charge is 2.41. The van der Waals surface area contributed by atoms with E-state index in [9.17, 15) is 0 Å². The van der Waals surface area contributed by atoms with E-state index in [1.807, 2.05) is 0 Å². The number of nitrogens with zero attached hydrogens (tertiary/aromatic N) is 6. The SMILES string of the molecule is c1ccc(-c2cccc(-c3nc(-c4ccc([Si](c5ccccc5)(c5ccccc5)c5ccccc5)cc4)nc(-n4c5ccc(-n6c7ccccc7c7ccccc76)cc5c5ccc(-n6c7ccccc7c7ccccc76)cc54)n3)c2)cc1. The van der Waals surface area contributed by atoms with Crippen LogP contribution in [0.15, 0.2) is 303 Å². The van der Waals surface area contributed by atoms with E-state index in [2.05, 4.69) is 317 Å². The van der Waals surface area contributed by atoms with Gasteiger partial charge in [-0.2, -0.15) is 9.97 Å². The Kier molecular flexibility index (Phi) is 11.1. The van der Waals surface area contributed by atoms with Gasteiger partial charge in [0.1, 0.15) is 0 Å². The minimum Gasteiger partial charge on any atom is -0.309 e. The van der Waals surface area contributed by atoms with E-state index < -0.39 is 8.07 Å². The number of rotatable bonds is 10. The maximum Gasteiger partial charge on any atom is 0.238 e. The lowest BCUT2D eigenvalue weighted by atomic mass is 10.0. The van der Waals surface area contributed by atoms with Crippen molar-refractivity contribution in [1.82, 2.24) is 28.7 Å². The summed E-state index contributed by atoms with van der Waals surface area (Å²) in [6.07, 6.45) is 0. The maximum absolute atomic E-state index is 5.61. The Morgan fingerprint density at radius 2 is 0.610 bits per heavy atom. The molecule has 4 aromatic heterocycles. The van der Waals surface area contributed by atoms with E-state index in [0.717, 1.165) is 77.5 Å². The molecule has 7 heteroatoms. The summed E-state index contributed by atoms with van der Waals surface area (Å²) < 4.78 is 7.05.